The van der Waals surface area contributed by atoms with Gasteiger partial charge < -0.3 is 19.6 Å². The number of thiophene rings is 1. The summed E-state index contributed by atoms with van der Waals surface area (Å²) in [6.07, 6.45) is -0.253. The SMILES string of the molecule is CC(C)COC(=O)N1CCN(c2nc(-c3ccccc3O)nc3sccc23)CC1. The average molecular weight is 413 g/mol. The van der Waals surface area contributed by atoms with E-state index in [1.165, 1.54) is 0 Å². The molecular formula is C21H24N4O3S. The summed E-state index contributed by atoms with van der Waals surface area (Å²) in [5, 5.41) is 13.2. The monoisotopic (exact) mass is 412 g/mol. The number of hydrogen-bond acceptors (Lipinski definition) is 7. The topological polar surface area (TPSA) is 78.8 Å². The van der Waals surface area contributed by atoms with Crippen LogP contribution in [-0.2, 0) is 4.74 Å². The molecule has 1 N–H and O–H groups in total. The van der Waals surface area contributed by atoms with Crippen LogP contribution in [0, 0.1) is 5.92 Å². The summed E-state index contributed by atoms with van der Waals surface area (Å²) in [7, 11) is 0. The smallest absolute Gasteiger partial charge is 0.409 e. The fourth-order valence-corrected chi connectivity index (χ4v) is 4.05. The average Bonchev–Trinajstić information content (AvgIpc) is 3.20. The van der Waals surface area contributed by atoms with E-state index in [0.717, 1.165) is 16.0 Å². The first-order valence-electron chi connectivity index (χ1n) is 9.73. The Bertz CT molecular complexity index is 1010. The maximum atomic E-state index is 12.2. The number of carbonyl (C=O) groups excluding carboxylic acids is 1. The second kappa shape index (κ2) is 8.24. The minimum Gasteiger partial charge on any atom is -0.507 e. The molecule has 1 amide bonds. The van der Waals surface area contributed by atoms with E-state index in [9.17, 15) is 9.90 Å². The van der Waals surface area contributed by atoms with E-state index < -0.39 is 0 Å². The summed E-state index contributed by atoms with van der Waals surface area (Å²) >= 11 is 1.55. The highest BCUT2D eigenvalue weighted by Gasteiger charge is 2.25. The first-order valence-corrected chi connectivity index (χ1v) is 10.6. The summed E-state index contributed by atoms with van der Waals surface area (Å²) in [4.78, 5) is 26.5. The van der Waals surface area contributed by atoms with Gasteiger partial charge in [-0.05, 0) is 29.5 Å². The molecule has 8 heteroatoms. The lowest BCUT2D eigenvalue weighted by molar-refractivity contribution is 0.0901. The number of aromatic nitrogens is 2. The molecule has 3 heterocycles. The van der Waals surface area contributed by atoms with Crippen LogP contribution in [0.15, 0.2) is 35.7 Å². The number of para-hydroxylation sites is 1. The van der Waals surface area contributed by atoms with Crippen molar-refractivity contribution in [3.63, 3.8) is 0 Å². The third-order valence-electron chi connectivity index (χ3n) is 4.83. The van der Waals surface area contributed by atoms with Gasteiger partial charge in [-0.1, -0.05) is 26.0 Å². The fourth-order valence-electron chi connectivity index (χ4n) is 3.29. The molecule has 29 heavy (non-hydrogen) atoms. The summed E-state index contributed by atoms with van der Waals surface area (Å²) < 4.78 is 5.35. The van der Waals surface area contributed by atoms with E-state index >= 15 is 0 Å². The normalized spacial score (nSPS) is 14.6. The molecule has 4 rings (SSSR count). The molecule has 3 aromatic rings. The number of benzene rings is 1. The highest BCUT2D eigenvalue weighted by atomic mass is 32.1. The van der Waals surface area contributed by atoms with Gasteiger partial charge >= 0.3 is 6.09 Å². The molecule has 1 aliphatic heterocycles. The molecule has 152 valence electrons. The van der Waals surface area contributed by atoms with Crippen LogP contribution in [0.25, 0.3) is 21.6 Å². The van der Waals surface area contributed by atoms with E-state index in [4.69, 9.17) is 9.72 Å². The number of carbonyl (C=O) groups is 1. The van der Waals surface area contributed by atoms with Crippen molar-refractivity contribution in [2.75, 3.05) is 37.7 Å². The Morgan fingerprint density at radius 1 is 1.17 bits per heavy atom. The third kappa shape index (κ3) is 4.12. The van der Waals surface area contributed by atoms with Crippen molar-refractivity contribution in [1.29, 1.82) is 0 Å². The van der Waals surface area contributed by atoms with Crippen LogP contribution >= 0.6 is 11.3 Å². The highest BCUT2D eigenvalue weighted by Crippen LogP contribution is 2.33. The van der Waals surface area contributed by atoms with Crippen LogP contribution in [0.3, 0.4) is 0 Å². The largest absolute Gasteiger partial charge is 0.507 e. The van der Waals surface area contributed by atoms with Crippen molar-refractivity contribution in [3.05, 3.63) is 35.7 Å². The lowest BCUT2D eigenvalue weighted by Crippen LogP contribution is -2.49. The maximum absolute atomic E-state index is 12.2. The third-order valence-corrected chi connectivity index (χ3v) is 5.63. The number of nitrogens with zero attached hydrogens (tertiary/aromatic N) is 4. The number of rotatable bonds is 4. The Morgan fingerprint density at radius 2 is 1.93 bits per heavy atom. The summed E-state index contributed by atoms with van der Waals surface area (Å²) in [6.45, 7) is 6.97. The summed E-state index contributed by atoms with van der Waals surface area (Å²) in [6, 6.07) is 9.11. The molecule has 0 unspecified atom stereocenters. The van der Waals surface area contributed by atoms with Gasteiger partial charge in [-0.2, -0.15) is 0 Å². The van der Waals surface area contributed by atoms with Gasteiger partial charge in [0.1, 0.15) is 16.4 Å². The maximum Gasteiger partial charge on any atom is 0.409 e. The van der Waals surface area contributed by atoms with Crippen molar-refractivity contribution in [1.82, 2.24) is 14.9 Å². The van der Waals surface area contributed by atoms with Crippen LogP contribution in [0.1, 0.15) is 13.8 Å². The van der Waals surface area contributed by atoms with Crippen molar-refractivity contribution in [3.8, 4) is 17.1 Å². The van der Waals surface area contributed by atoms with Crippen molar-refractivity contribution < 1.29 is 14.6 Å². The van der Waals surface area contributed by atoms with Crippen LogP contribution < -0.4 is 4.90 Å². The number of aromatic hydroxyl groups is 1. The summed E-state index contributed by atoms with van der Waals surface area (Å²) in [5.41, 5.74) is 0.611. The van der Waals surface area contributed by atoms with Crippen molar-refractivity contribution >= 4 is 33.5 Å². The molecule has 0 atom stereocenters. The minimum absolute atomic E-state index is 0.159. The number of fused-ring (bicyclic) bond motifs is 1. The van der Waals surface area contributed by atoms with Gasteiger partial charge in [0.05, 0.1) is 17.6 Å². The fraction of sp³-hybridized carbons (Fsp3) is 0.381. The van der Waals surface area contributed by atoms with Gasteiger partial charge in [0.25, 0.3) is 0 Å². The molecule has 7 nitrogen and oxygen atoms in total. The van der Waals surface area contributed by atoms with E-state index in [2.05, 4.69) is 9.88 Å². The zero-order valence-corrected chi connectivity index (χ0v) is 17.4. The number of phenolic OH excluding ortho intramolecular Hbond substituents is 1. The Morgan fingerprint density at radius 3 is 2.66 bits per heavy atom. The Hall–Kier alpha value is -2.87. The number of amides is 1. The first-order chi connectivity index (χ1) is 14.0. The molecule has 1 aliphatic rings. The van der Waals surface area contributed by atoms with Crippen molar-refractivity contribution in [2.24, 2.45) is 5.92 Å². The molecule has 2 aromatic heterocycles. The molecule has 0 spiro atoms. The number of hydrogen-bond donors (Lipinski definition) is 1. The Labute approximate surface area is 173 Å². The predicted molar refractivity (Wildman–Crippen MR) is 114 cm³/mol. The molecule has 0 bridgehead atoms. The molecule has 1 aromatic carbocycles. The van der Waals surface area contributed by atoms with Gasteiger partial charge in [-0.15, -0.1) is 11.3 Å². The minimum atomic E-state index is -0.253. The van der Waals surface area contributed by atoms with E-state index in [-0.39, 0.29) is 11.8 Å². The number of piperazine rings is 1. The summed E-state index contributed by atoms with van der Waals surface area (Å²) in [5.74, 6) is 1.82. The van der Waals surface area contributed by atoms with E-state index in [1.54, 1.807) is 28.4 Å². The molecule has 0 aliphatic carbocycles. The molecule has 1 fully saturated rings. The Balaban J connectivity index is 1.56. The standard InChI is InChI=1S/C21H24N4O3S/c1-14(2)13-28-21(27)25-10-8-24(9-11-25)19-16-7-12-29-20(16)23-18(22-19)15-5-3-4-6-17(15)26/h3-7,12,14,26H,8-11,13H2,1-2H3. The van der Waals surface area contributed by atoms with Crippen LogP contribution in [-0.4, -0.2) is 58.9 Å². The van der Waals surface area contributed by atoms with Crippen LogP contribution in [0.4, 0.5) is 10.6 Å². The molecular weight excluding hydrogens is 388 g/mol. The Kier molecular flexibility index (Phi) is 5.53. The quantitative estimate of drug-likeness (QED) is 0.698. The first kappa shape index (κ1) is 19.4. The molecule has 1 saturated heterocycles. The molecule has 0 saturated carbocycles. The van der Waals surface area contributed by atoms with Gasteiger partial charge in [0.2, 0.25) is 0 Å². The van der Waals surface area contributed by atoms with Crippen molar-refractivity contribution in [2.45, 2.75) is 13.8 Å². The predicted octanol–water partition coefficient (Wildman–Crippen LogP) is 3.98. The van der Waals surface area contributed by atoms with E-state index in [0.29, 0.717) is 50.1 Å². The zero-order valence-electron chi connectivity index (χ0n) is 16.5. The van der Waals surface area contributed by atoms with Gasteiger partial charge in [-0.3, -0.25) is 0 Å². The van der Waals surface area contributed by atoms with Crippen LogP contribution in [0.2, 0.25) is 0 Å². The van der Waals surface area contributed by atoms with Gasteiger partial charge in [0.15, 0.2) is 5.82 Å². The second-order valence-corrected chi connectivity index (χ2v) is 8.37. The molecule has 0 radical (unpaired) electrons. The van der Waals surface area contributed by atoms with Gasteiger partial charge in [-0.25, -0.2) is 14.8 Å². The lowest BCUT2D eigenvalue weighted by atomic mass is 10.2. The number of anilines is 1. The highest BCUT2D eigenvalue weighted by molar-refractivity contribution is 7.16. The number of ether oxygens (including phenoxy) is 1. The second-order valence-electron chi connectivity index (χ2n) is 7.47. The van der Waals surface area contributed by atoms with Gasteiger partial charge in [0, 0.05) is 26.2 Å². The zero-order chi connectivity index (χ0) is 20.4. The van der Waals surface area contributed by atoms with Crippen LogP contribution in [0.5, 0.6) is 5.75 Å². The van der Waals surface area contributed by atoms with E-state index in [1.807, 2.05) is 37.4 Å². The number of phenols is 1. The lowest BCUT2D eigenvalue weighted by Gasteiger charge is -2.35.